The molecule has 2 bridgehead atoms. The van der Waals surface area contributed by atoms with E-state index in [0.717, 1.165) is 32.1 Å². The van der Waals surface area contributed by atoms with Crippen LogP contribution in [0.1, 0.15) is 134 Å². The largest absolute Gasteiger partial charge is 0.459 e. The second-order valence-electron chi connectivity index (χ2n) is 14.1. The maximum Gasteiger partial charge on any atom is 0.348 e. The number of ether oxygens (including phenoxy) is 3. The molecule has 0 amide bonds. The Morgan fingerprint density at radius 3 is 1.80 bits per heavy atom. The molecule has 0 radical (unpaired) electrons. The summed E-state index contributed by atoms with van der Waals surface area (Å²) in [6.07, 6.45) is 17.3. The molecular weight excluding hydrogens is 574 g/mol. The van der Waals surface area contributed by atoms with Gasteiger partial charge < -0.3 is 18.7 Å². The number of unbranched alkanes of at least 4 members (excludes halogenated alkanes) is 8. The van der Waals surface area contributed by atoms with Crippen molar-refractivity contribution in [2.45, 2.75) is 153 Å². The van der Waals surface area contributed by atoms with E-state index in [9.17, 15) is 9.59 Å². The van der Waals surface area contributed by atoms with Crippen LogP contribution in [0.5, 0.6) is 0 Å². The summed E-state index contributed by atoms with van der Waals surface area (Å²) in [5.74, 6) is -0.695. The smallest absolute Gasteiger partial charge is 0.348 e. The number of esters is 2. The summed E-state index contributed by atoms with van der Waals surface area (Å²) in [6, 6.07) is 20.4. The molecule has 0 aromatic heterocycles. The van der Waals surface area contributed by atoms with Crippen molar-refractivity contribution >= 4 is 11.9 Å². The normalized spacial score (nSPS) is 22.5. The summed E-state index contributed by atoms with van der Waals surface area (Å²) in [4.78, 5) is 27.7. The summed E-state index contributed by atoms with van der Waals surface area (Å²) >= 11 is 0. The number of carbonyl (C=O) groups excluding carboxylic acids is 2. The molecule has 3 heterocycles. The van der Waals surface area contributed by atoms with Crippen molar-refractivity contribution < 1.29 is 28.3 Å². The van der Waals surface area contributed by atoms with Crippen LogP contribution < -0.4 is 0 Å². The Morgan fingerprint density at radius 1 is 0.761 bits per heavy atom. The highest BCUT2D eigenvalue weighted by atomic mass is 16.7. The van der Waals surface area contributed by atoms with E-state index in [1.54, 1.807) is 0 Å². The molecule has 6 heteroatoms. The van der Waals surface area contributed by atoms with Crippen molar-refractivity contribution in [2.24, 2.45) is 0 Å². The number of quaternary nitrogens is 1. The molecular formula is C40H58NO5+. The van der Waals surface area contributed by atoms with Gasteiger partial charge in [0.2, 0.25) is 11.9 Å². The molecule has 5 rings (SSSR count). The Kier molecular flexibility index (Phi) is 12.7. The maximum atomic E-state index is 14.7. The van der Waals surface area contributed by atoms with Gasteiger partial charge in [-0.15, -0.1) is 0 Å². The molecule has 6 nitrogen and oxygen atoms in total. The molecule has 2 aromatic carbocycles. The van der Waals surface area contributed by atoms with Crippen molar-refractivity contribution in [1.82, 2.24) is 0 Å². The summed E-state index contributed by atoms with van der Waals surface area (Å²) in [6.45, 7) is 6.73. The summed E-state index contributed by atoms with van der Waals surface area (Å²) in [5, 5.41) is 0. The first-order valence-electron chi connectivity index (χ1n) is 18.6. The van der Waals surface area contributed by atoms with Crippen molar-refractivity contribution in [1.29, 1.82) is 0 Å². The van der Waals surface area contributed by atoms with Gasteiger partial charge in [-0.25, -0.2) is 4.79 Å². The van der Waals surface area contributed by atoms with Crippen LogP contribution in [0, 0.1) is 0 Å². The van der Waals surface area contributed by atoms with Crippen LogP contribution in [0.3, 0.4) is 0 Å². The first-order valence-corrected chi connectivity index (χ1v) is 18.6. The second kappa shape index (κ2) is 16.9. The zero-order chi connectivity index (χ0) is 32.2. The fourth-order valence-corrected chi connectivity index (χ4v) is 8.65. The van der Waals surface area contributed by atoms with Crippen molar-refractivity contribution in [2.75, 3.05) is 13.1 Å². The fraction of sp³-hybridized carbons (Fsp3) is 0.650. The molecule has 0 N–H and O–H groups in total. The van der Waals surface area contributed by atoms with Gasteiger partial charge in [0.05, 0.1) is 25.2 Å². The first kappa shape index (κ1) is 34.6. The van der Waals surface area contributed by atoms with E-state index in [4.69, 9.17) is 14.2 Å². The number of hydrogen-bond donors (Lipinski definition) is 0. The lowest BCUT2D eigenvalue weighted by Crippen LogP contribution is -2.60. The number of piperidine rings is 1. The Morgan fingerprint density at radius 2 is 1.28 bits per heavy atom. The highest BCUT2D eigenvalue weighted by Crippen LogP contribution is 2.47. The van der Waals surface area contributed by atoms with Crippen LogP contribution in [0.15, 0.2) is 60.7 Å². The van der Waals surface area contributed by atoms with E-state index in [2.05, 4.69) is 6.92 Å². The van der Waals surface area contributed by atoms with Gasteiger partial charge in [0, 0.05) is 51.4 Å². The third-order valence-corrected chi connectivity index (χ3v) is 11.1. The molecule has 3 aliphatic heterocycles. The molecule has 3 atom stereocenters. The van der Waals surface area contributed by atoms with E-state index in [-0.39, 0.29) is 12.1 Å². The van der Waals surface area contributed by atoms with Crippen LogP contribution in [0.25, 0.3) is 0 Å². The highest BCUT2D eigenvalue weighted by molar-refractivity contribution is 5.86. The molecule has 46 heavy (non-hydrogen) atoms. The zero-order valence-corrected chi connectivity index (χ0v) is 28.5. The molecule has 3 saturated heterocycles. The van der Waals surface area contributed by atoms with E-state index < -0.39 is 17.9 Å². The van der Waals surface area contributed by atoms with Crippen LogP contribution >= 0.6 is 0 Å². The average Bonchev–Trinajstić information content (AvgIpc) is 3.63. The zero-order valence-electron chi connectivity index (χ0n) is 28.5. The topological polar surface area (TPSA) is 61.8 Å². The minimum atomic E-state index is -1.56. The average molecular weight is 633 g/mol. The van der Waals surface area contributed by atoms with Gasteiger partial charge >= 0.3 is 11.9 Å². The molecule has 2 aromatic rings. The highest BCUT2D eigenvalue weighted by Gasteiger charge is 2.57. The quantitative estimate of drug-likeness (QED) is 0.0710. The summed E-state index contributed by atoms with van der Waals surface area (Å²) in [7, 11) is 0. The summed E-state index contributed by atoms with van der Waals surface area (Å²) in [5.41, 5.74) is -0.194. The van der Waals surface area contributed by atoms with Crippen LogP contribution in [-0.2, 0) is 29.4 Å². The summed E-state index contributed by atoms with van der Waals surface area (Å²) < 4.78 is 20.5. The van der Waals surface area contributed by atoms with Gasteiger partial charge in [-0.05, 0) is 17.5 Å². The second-order valence-corrected chi connectivity index (χ2v) is 14.1. The van der Waals surface area contributed by atoms with Crippen LogP contribution in [0.2, 0.25) is 0 Å². The van der Waals surface area contributed by atoms with Crippen molar-refractivity contribution in [3.05, 3.63) is 71.8 Å². The number of carbonyl (C=O) groups is 2. The van der Waals surface area contributed by atoms with Gasteiger partial charge in [-0.3, -0.25) is 4.79 Å². The molecule has 3 fully saturated rings. The van der Waals surface area contributed by atoms with Gasteiger partial charge in [0.15, 0.2) is 0 Å². The third kappa shape index (κ3) is 8.05. The lowest BCUT2D eigenvalue weighted by Gasteiger charge is -2.47. The Labute approximate surface area is 277 Å². The maximum absolute atomic E-state index is 14.7. The standard InChI is InChI=1S/C40H58NO5/c1-3-5-6-7-8-9-10-11-18-25-37(42)45-38(4-2)46-40(32-21-14-12-15-22-32,33-23-16-13-17-24-33)39(43)44-36-30-34-26-27-35(31-36)41(34)28-19-20-29-41/h12-17,21-24,34-36,38H,3-11,18-20,25-31H2,1-2H3/q+1. The number of nitrogens with zero attached hydrogens (tertiary/aromatic N) is 1. The molecule has 3 aliphatic rings. The SMILES string of the molecule is CCCCCCCCCCCC(=O)OC(CC)OC(C(=O)OC1CC2CCC(C1)[N+]21CCCC1)(c1ccccc1)c1ccccc1. The number of hydrogen-bond acceptors (Lipinski definition) is 5. The number of benzene rings is 2. The van der Waals surface area contributed by atoms with E-state index in [1.165, 1.54) is 81.8 Å². The van der Waals surface area contributed by atoms with Crippen LogP contribution in [0.4, 0.5) is 0 Å². The van der Waals surface area contributed by atoms with Crippen LogP contribution in [-0.4, -0.2) is 54.0 Å². The molecule has 3 unspecified atom stereocenters. The Bertz CT molecular complexity index is 1160. The van der Waals surface area contributed by atoms with Gasteiger partial charge in [0.25, 0.3) is 0 Å². The van der Waals surface area contributed by atoms with E-state index in [0.29, 0.717) is 36.1 Å². The monoisotopic (exact) mass is 632 g/mol. The number of rotatable bonds is 18. The Hall–Kier alpha value is -2.70. The predicted molar refractivity (Wildman–Crippen MR) is 182 cm³/mol. The van der Waals surface area contributed by atoms with Gasteiger partial charge in [0.1, 0.15) is 6.10 Å². The van der Waals surface area contributed by atoms with Gasteiger partial charge in [-0.1, -0.05) is 126 Å². The Balaban J connectivity index is 1.28. The molecule has 0 aliphatic carbocycles. The fourth-order valence-electron chi connectivity index (χ4n) is 8.65. The molecule has 1 spiro atoms. The van der Waals surface area contributed by atoms with Gasteiger partial charge in [-0.2, -0.15) is 0 Å². The minimum absolute atomic E-state index is 0.140. The molecule has 0 saturated carbocycles. The minimum Gasteiger partial charge on any atom is -0.459 e. The predicted octanol–water partition coefficient (Wildman–Crippen LogP) is 8.99. The first-order chi connectivity index (χ1) is 22.5. The van der Waals surface area contributed by atoms with Crippen molar-refractivity contribution in [3.8, 4) is 0 Å². The van der Waals surface area contributed by atoms with E-state index >= 15 is 0 Å². The van der Waals surface area contributed by atoms with E-state index in [1.807, 2.05) is 67.6 Å². The molecule has 252 valence electrons. The van der Waals surface area contributed by atoms with Crippen molar-refractivity contribution in [3.63, 3.8) is 0 Å². The third-order valence-electron chi connectivity index (χ3n) is 11.1. The lowest BCUT2D eigenvalue weighted by molar-refractivity contribution is -0.956. The lowest BCUT2D eigenvalue weighted by atomic mass is 9.85.